The summed E-state index contributed by atoms with van der Waals surface area (Å²) in [5.74, 6) is 0.0114. The fraction of sp³-hybridized carbons (Fsp3) is 0. The van der Waals surface area contributed by atoms with E-state index in [4.69, 9.17) is 16.0 Å². The van der Waals surface area contributed by atoms with Crippen LogP contribution in [0.3, 0.4) is 0 Å². The highest BCUT2D eigenvalue weighted by atomic mass is 79.9. The van der Waals surface area contributed by atoms with Gasteiger partial charge in [0.2, 0.25) is 5.89 Å². The van der Waals surface area contributed by atoms with Crippen molar-refractivity contribution in [3.63, 3.8) is 0 Å². The van der Waals surface area contributed by atoms with Crippen molar-refractivity contribution in [3.8, 4) is 11.5 Å². The standard InChI is InChI=1S/C22H11BrClN3O4S/c23-12-6-4-11(5-7-12)22-26-15-10-13(8-9-17(15)31-22)25-21(28)20-18(24)14-2-1-3-16(27(29)30)19(14)32-20/h1-10H,(H,25,28). The van der Waals surface area contributed by atoms with Gasteiger partial charge in [-0.2, -0.15) is 0 Å². The molecule has 7 nitrogen and oxygen atoms in total. The molecule has 5 aromatic rings. The lowest BCUT2D eigenvalue weighted by atomic mass is 10.2. The lowest BCUT2D eigenvalue weighted by molar-refractivity contribution is -0.382. The molecule has 2 heterocycles. The van der Waals surface area contributed by atoms with Gasteiger partial charge in [-0.3, -0.25) is 14.9 Å². The zero-order valence-electron chi connectivity index (χ0n) is 16.0. The van der Waals surface area contributed by atoms with Crippen molar-refractivity contribution < 1.29 is 14.1 Å². The number of nitrogens with zero attached hydrogens (tertiary/aromatic N) is 2. The molecule has 0 aliphatic heterocycles. The second kappa shape index (κ2) is 8.01. The Morgan fingerprint density at radius 2 is 1.94 bits per heavy atom. The number of amides is 1. The van der Waals surface area contributed by atoms with E-state index in [1.54, 1.807) is 30.3 Å². The van der Waals surface area contributed by atoms with E-state index >= 15 is 0 Å². The third kappa shape index (κ3) is 3.64. The van der Waals surface area contributed by atoms with Gasteiger partial charge in [0.1, 0.15) is 15.1 Å². The third-order valence-corrected chi connectivity index (χ3v) is 7.03. The van der Waals surface area contributed by atoms with E-state index in [0.717, 1.165) is 21.4 Å². The molecule has 0 saturated heterocycles. The molecule has 0 aliphatic rings. The monoisotopic (exact) mass is 527 g/mol. The predicted molar refractivity (Wildman–Crippen MR) is 129 cm³/mol. The topological polar surface area (TPSA) is 98.3 Å². The van der Waals surface area contributed by atoms with Gasteiger partial charge < -0.3 is 9.73 Å². The zero-order chi connectivity index (χ0) is 22.4. The minimum atomic E-state index is -0.488. The highest BCUT2D eigenvalue weighted by molar-refractivity contribution is 9.10. The van der Waals surface area contributed by atoms with Crippen LogP contribution in [-0.4, -0.2) is 15.8 Å². The Balaban J connectivity index is 1.46. The maximum absolute atomic E-state index is 12.9. The summed E-state index contributed by atoms with van der Waals surface area (Å²) in [6.07, 6.45) is 0. The summed E-state index contributed by atoms with van der Waals surface area (Å²) >= 11 is 10.8. The first-order valence-electron chi connectivity index (χ1n) is 9.24. The molecule has 0 aliphatic carbocycles. The molecule has 10 heteroatoms. The average molecular weight is 529 g/mol. The minimum Gasteiger partial charge on any atom is -0.436 e. The third-order valence-electron chi connectivity index (χ3n) is 4.77. The number of nitrogens with one attached hydrogen (secondary N) is 1. The van der Waals surface area contributed by atoms with Crippen LogP contribution in [0.15, 0.2) is 69.6 Å². The fourth-order valence-electron chi connectivity index (χ4n) is 3.27. The summed E-state index contributed by atoms with van der Waals surface area (Å²) in [5, 5.41) is 14.7. The van der Waals surface area contributed by atoms with E-state index < -0.39 is 10.8 Å². The number of non-ortho nitro benzene ring substituents is 1. The van der Waals surface area contributed by atoms with Crippen molar-refractivity contribution in [2.45, 2.75) is 0 Å². The van der Waals surface area contributed by atoms with E-state index in [-0.39, 0.29) is 15.6 Å². The van der Waals surface area contributed by atoms with Gasteiger partial charge in [0.15, 0.2) is 5.58 Å². The molecule has 3 aromatic carbocycles. The number of anilines is 1. The maximum atomic E-state index is 12.9. The summed E-state index contributed by atoms with van der Waals surface area (Å²) in [5.41, 5.74) is 2.41. The zero-order valence-corrected chi connectivity index (χ0v) is 19.1. The number of nitro groups is 1. The maximum Gasteiger partial charge on any atom is 0.287 e. The van der Waals surface area contributed by atoms with Crippen LogP contribution in [0.2, 0.25) is 5.02 Å². The lowest BCUT2D eigenvalue weighted by Gasteiger charge is -2.03. The smallest absolute Gasteiger partial charge is 0.287 e. The molecule has 0 radical (unpaired) electrons. The highest BCUT2D eigenvalue weighted by Gasteiger charge is 2.23. The highest BCUT2D eigenvalue weighted by Crippen LogP contribution is 2.40. The molecule has 0 saturated carbocycles. The van der Waals surface area contributed by atoms with Gasteiger partial charge in [-0.05, 0) is 42.5 Å². The molecule has 0 fully saturated rings. The Morgan fingerprint density at radius 3 is 2.69 bits per heavy atom. The number of halogens is 2. The van der Waals surface area contributed by atoms with Crippen molar-refractivity contribution in [1.82, 2.24) is 4.98 Å². The average Bonchev–Trinajstić information content (AvgIpc) is 3.35. The second-order valence-electron chi connectivity index (χ2n) is 6.82. The van der Waals surface area contributed by atoms with E-state index in [2.05, 4.69) is 26.2 Å². The summed E-state index contributed by atoms with van der Waals surface area (Å²) < 4.78 is 7.12. The summed E-state index contributed by atoms with van der Waals surface area (Å²) in [6.45, 7) is 0. The summed E-state index contributed by atoms with van der Waals surface area (Å²) in [7, 11) is 0. The predicted octanol–water partition coefficient (Wildman–Crippen LogP) is 7.29. The Kier molecular flexibility index (Phi) is 5.16. The summed E-state index contributed by atoms with van der Waals surface area (Å²) in [4.78, 5) is 28.4. The molecule has 5 rings (SSSR count). The molecular weight excluding hydrogens is 518 g/mol. The molecule has 1 N–H and O–H groups in total. The molecule has 0 atom stereocenters. The largest absolute Gasteiger partial charge is 0.436 e. The van der Waals surface area contributed by atoms with Crippen LogP contribution in [0.5, 0.6) is 0 Å². The van der Waals surface area contributed by atoms with Crippen molar-refractivity contribution >= 4 is 77.3 Å². The normalized spacial score (nSPS) is 11.2. The van der Waals surface area contributed by atoms with Crippen molar-refractivity contribution in [2.24, 2.45) is 0 Å². The van der Waals surface area contributed by atoms with E-state index in [9.17, 15) is 14.9 Å². The number of thiophene rings is 1. The van der Waals surface area contributed by atoms with Crippen LogP contribution < -0.4 is 5.32 Å². The number of oxazole rings is 1. The number of hydrogen-bond acceptors (Lipinski definition) is 6. The van der Waals surface area contributed by atoms with Gasteiger partial charge in [0.05, 0.1) is 9.95 Å². The van der Waals surface area contributed by atoms with E-state index in [1.165, 1.54) is 6.07 Å². The molecule has 0 bridgehead atoms. The summed E-state index contributed by atoms with van der Waals surface area (Å²) in [6, 6.07) is 17.3. The van der Waals surface area contributed by atoms with Gasteiger partial charge in [-0.15, -0.1) is 11.3 Å². The Bertz CT molecular complexity index is 1530. The fourth-order valence-corrected chi connectivity index (χ4v) is 5.03. The molecule has 2 aromatic heterocycles. The van der Waals surface area contributed by atoms with Gasteiger partial charge in [0, 0.05) is 27.2 Å². The second-order valence-corrected chi connectivity index (χ2v) is 9.13. The SMILES string of the molecule is O=C(Nc1ccc2oc(-c3ccc(Br)cc3)nc2c1)c1sc2c([N+](=O)[O-])cccc2c1Cl. The first-order valence-corrected chi connectivity index (χ1v) is 11.2. The molecule has 32 heavy (non-hydrogen) atoms. The van der Waals surface area contributed by atoms with Gasteiger partial charge in [-0.1, -0.05) is 39.7 Å². The Labute approximate surface area is 197 Å². The van der Waals surface area contributed by atoms with Gasteiger partial charge in [0.25, 0.3) is 11.6 Å². The number of carbonyl (C=O) groups is 1. The van der Waals surface area contributed by atoms with Crippen molar-refractivity contribution in [3.05, 3.63) is 85.2 Å². The van der Waals surface area contributed by atoms with Gasteiger partial charge in [-0.25, -0.2) is 4.98 Å². The number of fused-ring (bicyclic) bond motifs is 2. The van der Waals surface area contributed by atoms with Crippen LogP contribution in [-0.2, 0) is 0 Å². The number of hydrogen-bond donors (Lipinski definition) is 1. The van der Waals surface area contributed by atoms with Gasteiger partial charge >= 0.3 is 0 Å². The van der Waals surface area contributed by atoms with E-state index in [1.807, 2.05) is 24.3 Å². The number of benzene rings is 3. The van der Waals surface area contributed by atoms with Crippen LogP contribution in [0.4, 0.5) is 11.4 Å². The molecule has 0 unspecified atom stereocenters. The lowest BCUT2D eigenvalue weighted by Crippen LogP contribution is -2.10. The van der Waals surface area contributed by atoms with Crippen LogP contribution in [0.1, 0.15) is 9.67 Å². The molecular formula is C22H11BrClN3O4S. The van der Waals surface area contributed by atoms with Crippen molar-refractivity contribution in [1.29, 1.82) is 0 Å². The number of aromatic nitrogens is 1. The number of rotatable bonds is 4. The molecule has 1 amide bonds. The number of nitro benzene ring substituents is 1. The first-order chi connectivity index (χ1) is 15.4. The Morgan fingerprint density at radius 1 is 1.16 bits per heavy atom. The van der Waals surface area contributed by atoms with Crippen molar-refractivity contribution in [2.75, 3.05) is 5.32 Å². The minimum absolute atomic E-state index is 0.0852. The van der Waals surface area contributed by atoms with Crippen LogP contribution >= 0.6 is 38.9 Å². The molecule has 158 valence electrons. The van der Waals surface area contributed by atoms with E-state index in [0.29, 0.717) is 32.8 Å². The number of carbonyl (C=O) groups excluding carboxylic acids is 1. The quantitative estimate of drug-likeness (QED) is 0.195. The first kappa shape index (κ1) is 20.6. The van der Waals surface area contributed by atoms with Crippen LogP contribution in [0, 0.1) is 10.1 Å². The Hall–Kier alpha value is -3.27. The molecule has 0 spiro atoms. The van der Waals surface area contributed by atoms with Crippen LogP contribution in [0.25, 0.3) is 32.6 Å².